The summed E-state index contributed by atoms with van der Waals surface area (Å²) in [6.45, 7) is 1.13. The number of hydrogen-bond acceptors (Lipinski definition) is 3. The van der Waals surface area contributed by atoms with Gasteiger partial charge in [-0.2, -0.15) is 0 Å². The summed E-state index contributed by atoms with van der Waals surface area (Å²) in [4.78, 5) is 10.6. The third-order valence-electron chi connectivity index (χ3n) is 4.33. The van der Waals surface area contributed by atoms with Crippen LogP contribution in [0.4, 0.5) is 0 Å². The summed E-state index contributed by atoms with van der Waals surface area (Å²) < 4.78 is 26.6. The van der Waals surface area contributed by atoms with Crippen molar-refractivity contribution >= 4 is 16.0 Å². The Morgan fingerprint density at radius 2 is 1.84 bits per heavy atom. The van der Waals surface area contributed by atoms with Crippen LogP contribution in [-0.4, -0.2) is 42.1 Å². The van der Waals surface area contributed by atoms with Crippen LogP contribution in [0.2, 0.25) is 0 Å². The minimum Gasteiger partial charge on any atom is -0.481 e. The van der Waals surface area contributed by atoms with Gasteiger partial charge in [0.1, 0.15) is 0 Å². The summed E-state index contributed by atoms with van der Waals surface area (Å²) in [5, 5.41) is 8.52. The SMILES string of the molecule is O=C(O)CCC1CCCN(S(=O)(=O)C2CCCC2)C1. The maximum Gasteiger partial charge on any atom is 0.303 e. The molecule has 1 aliphatic heterocycles. The molecule has 0 bridgehead atoms. The van der Waals surface area contributed by atoms with Gasteiger partial charge in [-0.05, 0) is 38.0 Å². The second-order valence-corrected chi connectivity index (χ2v) is 7.96. The highest BCUT2D eigenvalue weighted by atomic mass is 32.2. The van der Waals surface area contributed by atoms with Gasteiger partial charge in [0.25, 0.3) is 0 Å². The summed E-state index contributed by atoms with van der Waals surface area (Å²) in [6.07, 6.45) is 6.14. The second kappa shape index (κ2) is 6.22. The van der Waals surface area contributed by atoms with E-state index in [1.165, 1.54) is 0 Å². The first-order chi connectivity index (χ1) is 9.00. The summed E-state index contributed by atoms with van der Waals surface area (Å²) in [6, 6.07) is 0. The molecule has 19 heavy (non-hydrogen) atoms. The highest BCUT2D eigenvalue weighted by Crippen LogP contribution is 2.30. The van der Waals surface area contributed by atoms with Crippen molar-refractivity contribution in [3.8, 4) is 0 Å². The van der Waals surface area contributed by atoms with E-state index in [9.17, 15) is 13.2 Å². The van der Waals surface area contributed by atoms with Gasteiger partial charge in [-0.15, -0.1) is 0 Å². The fourth-order valence-electron chi connectivity index (χ4n) is 3.22. The molecule has 0 spiro atoms. The minimum atomic E-state index is -3.15. The highest BCUT2D eigenvalue weighted by molar-refractivity contribution is 7.89. The van der Waals surface area contributed by atoms with Gasteiger partial charge in [-0.1, -0.05) is 12.8 Å². The summed E-state index contributed by atoms with van der Waals surface area (Å²) in [5.41, 5.74) is 0. The number of carboxylic acids is 1. The molecule has 1 N–H and O–H groups in total. The van der Waals surface area contributed by atoms with Gasteiger partial charge in [0, 0.05) is 19.5 Å². The molecule has 2 aliphatic rings. The van der Waals surface area contributed by atoms with Crippen LogP contribution in [0.1, 0.15) is 51.4 Å². The van der Waals surface area contributed by atoms with Crippen LogP contribution in [0.3, 0.4) is 0 Å². The van der Waals surface area contributed by atoms with E-state index in [2.05, 4.69) is 0 Å². The zero-order valence-electron chi connectivity index (χ0n) is 11.3. The van der Waals surface area contributed by atoms with Crippen molar-refractivity contribution < 1.29 is 18.3 Å². The van der Waals surface area contributed by atoms with Crippen molar-refractivity contribution in [1.29, 1.82) is 0 Å². The monoisotopic (exact) mass is 289 g/mol. The van der Waals surface area contributed by atoms with E-state index in [0.717, 1.165) is 38.5 Å². The number of carbonyl (C=O) groups is 1. The molecule has 0 aromatic rings. The third-order valence-corrected chi connectivity index (χ3v) is 6.70. The first-order valence-electron chi connectivity index (χ1n) is 7.21. The Morgan fingerprint density at radius 3 is 2.47 bits per heavy atom. The number of piperidine rings is 1. The largest absolute Gasteiger partial charge is 0.481 e. The standard InChI is InChI=1S/C13H23NO4S/c15-13(16)8-7-11-4-3-9-14(10-11)19(17,18)12-5-1-2-6-12/h11-12H,1-10H2,(H,15,16). The number of aliphatic carboxylic acids is 1. The molecule has 1 saturated carbocycles. The normalized spacial score (nSPS) is 26.6. The summed E-state index contributed by atoms with van der Waals surface area (Å²) in [5.74, 6) is -0.586. The van der Waals surface area contributed by atoms with Gasteiger partial charge in [-0.3, -0.25) is 4.79 Å². The number of carboxylic acid groups (broad SMARTS) is 1. The zero-order valence-corrected chi connectivity index (χ0v) is 12.1. The molecule has 2 fully saturated rings. The molecule has 6 heteroatoms. The van der Waals surface area contributed by atoms with E-state index in [1.54, 1.807) is 4.31 Å². The smallest absolute Gasteiger partial charge is 0.303 e. The Bertz CT molecular complexity index is 414. The van der Waals surface area contributed by atoms with Crippen molar-refractivity contribution in [1.82, 2.24) is 4.31 Å². The fourth-order valence-corrected chi connectivity index (χ4v) is 5.37. The number of hydrogen-bond donors (Lipinski definition) is 1. The Kier molecular flexibility index (Phi) is 4.84. The molecule has 2 rings (SSSR count). The minimum absolute atomic E-state index is 0.141. The van der Waals surface area contributed by atoms with Crippen molar-refractivity contribution in [2.24, 2.45) is 5.92 Å². The van der Waals surface area contributed by atoms with Crippen LogP contribution < -0.4 is 0 Å². The molecule has 1 aliphatic carbocycles. The predicted octanol–water partition coefficient (Wildman–Crippen LogP) is 1.84. The van der Waals surface area contributed by atoms with Crippen molar-refractivity contribution in [2.75, 3.05) is 13.1 Å². The molecule has 0 aromatic heterocycles. The molecular formula is C13H23NO4S. The average Bonchev–Trinajstić information content (AvgIpc) is 2.91. The molecule has 0 amide bonds. The van der Waals surface area contributed by atoms with E-state index in [4.69, 9.17) is 5.11 Å². The Morgan fingerprint density at radius 1 is 1.16 bits per heavy atom. The van der Waals surface area contributed by atoms with Crippen LogP contribution in [-0.2, 0) is 14.8 Å². The summed E-state index contributed by atoms with van der Waals surface area (Å²) >= 11 is 0. The fraction of sp³-hybridized carbons (Fsp3) is 0.923. The van der Waals surface area contributed by atoms with Crippen molar-refractivity contribution in [2.45, 2.75) is 56.6 Å². The average molecular weight is 289 g/mol. The Labute approximate surface area is 115 Å². The van der Waals surface area contributed by atoms with Crippen LogP contribution >= 0.6 is 0 Å². The lowest BCUT2D eigenvalue weighted by atomic mass is 9.95. The summed E-state index contributed by atoms with van der Waals surface area (Å²) in [7, 11) is -3.15. The van der Waals surface area contributed by atoms with E-state index in [0.29, 0.717) is 19.5 Å². The van der Waals surface area contributed by atoms with Crippen molar-refractivity contribution in [3.63, 3.8) is 0 Å². The van der Waals surface area contributed by atoms with Gasteiger partial charge in [0.15, 0.2) is 0 Å². The molecule has 1 saturated heterocycles. The Balaban J connectivity index is 1.94. The zero-order chi connectivity index (χ0) is 13.9. The first kappa shape index (κ1) is 14.8. The molecule has 5 nitrogen and oxygen atoms in total. The number of rotatable bonds is 5. The quantitative estimate of drug-likeness (QED) is 0.838. The Hall–Kier alpha value is -0.620. The lowest BCUT2D eigenvalue weighted by Gasteiger charge is -2.33. The maximum absolute atomic E-state index is 12.5. The molecule has 0 aromatic carbocycles. The van der Waals surface area contributed by atoms with E-state index in [1.807, 2.05) is 0 Å². The van der Waals surface area contributed by atoms with Gasteiger partial charge in [0.05, 0.1) is 5.25 Å². The van der Waals surface area contributed by atoms with Crippen LogP contribution in [0.15, 0.2) is 0 Å². The van der Waals surface area contributed by atoms with Gasteiger partial charge in [0.2, 0.25) is 10.0 Å². The molecule has 0 radical (unpaired) electrons. The van der Waals surface area contributed by atoms with Gasteiger partial charge >= 0.3 is 5.97 Å². The van der Waals surface area contributed by atoms with Crippen molar-refractivity contribution in [3.05, 3.63) is 0 Å². The topological polar surface area (TPSA) is 74.7 Å². The lowest BCUT2D eigenvalue weighted by Crippen LogP contribution is -2.44. The highest BCUT2D eigenvalue weighted by Gasteiger charge is 2.36. The van der Waals surface area contributed by atoms with Crippen LogP contribution in [0.5, 0.6) is 0 Å². The molecular weight excluding hydrogens is 266 g/mol. The number of nitrogens with zero attached hydrogens (tertiary/aromatic N) is 1. The molecule has 110 valence electrons. The number of sulfonamides is 1. The second-order valence-electron chi connectivity index (χ2n) is 5.75. The molecule has 1 atom stereocenters. The van der Waals surface area contributed by atoms with E-state index in [-0.39, 0.29) is 17.6 Å². The maximum atomic E-state index is 12.5. The molecule has 1 unspecified atom stereocenters. The predicted molar refractivity (Wildman–Crippen MR) is 72.3 cm³/mol. The first-order valence-corrected chi connectivity index (χ1v) is 8.71. The third kappa shape index (κ3) is 3.69. The van der Waals surface area contributed by atoms with E-state index < -0.39 is 16.0 Å². The van der Waals surface area contributed by atoms with Gasteiger partial charge < -0.3 is 5.11 Å². The van der Waals surface area contributed by atoms with E-state index >= 15 is 0 Å². The lowest BCUT2D eigenvalue weighted by molar-refractivity contribution is -0.137. The van der Waals surface area contributed by atoms with Crippen LogP contribution in [0.25, 0.3) is 0 Å². The van der Waals surface area contributed by atoms with Gasteiger partial charge in [-0.25, -0.2) is 12.7 Å². The van der Waals surface area contributed by atoms with Crippen LogP contribution in [0, 0.1) is 5.92 Å². The molecule has 1 heterocycles.